The molecule has 0 atom stereocenters. The van der Waals surface area contributed by atoms with Gasteiger partial charge in [-0.05, 0) is 32.5 Å². The van der Waals surface area contributed by atoms with Gasteiger partial charge in [0.15, 0.2) is 11.5 Å². The van der Waals surface area contributed by atoms with E-state index < -0.39 is 0 Å². The zero-order valence-electron chi connectivity index (χ0n) is 15.6. The Labute approximate surface area is 158 Å². The molecule has 0 amide bonds. The van der Waals surface area contributed by atoms with Crippen molar-refractivity contribution in [2.24, 2.45) is 0 Å². The van der Waals surface area contributed by atoms with Crippen LogP contribution >= 0.6 is 11.3 Å². The van der Waals surface area contributed by atoms with Gasteiger partial charge in [-0.2, -0.15) is 0 Å². The molecule has 2 aromatic rings. The molecular formula is C19H26FN3O2S. The third-order valence-corrected chi connectivity index (χ3v) is 5.50. The van der Waals surface area contributed by atoms with Crippen molar-refractivity contribution in [1.82, 2.24) is 14.8 Å². The quantitative estimate of drug-likeness (QED) is 0.770. The van der Waals surface area contributed by atoms with Gasteiger partial charge < -0.3 is 9.47 Å². The average molecular weight is 380 g/mol. The van der Waals surface area contributed by atoms with Gasteiger partial charge in [-0.3, -0.25) is 9.80 Å². The van der Waals surface area contributed by atoms with E-state index in [1.54, 1.807) is 24.5 Å². The molecule has 26 heavy (non-hydrogen) atoms. The van der Waals surface area contributed by atoms with Crippen LogP contribution in [0.2, 0.25) is 0 Å². The molecule has 0 radical (unpaired) electrons. The molecule has 7 heteroatoms. The zero-order chi connectivity index (χ0) is 18.5. The van der Waals surface area contributed by atoms with Gasteiger partial charge in [0, 0.05) is 43.2 Å². The minimum absolute atomic E-state index is 0.248. The minimum Gasteiger partial charge on any atom is -0.493 e. The number of benzene rings is 1. The molecule has 1 aliphatic heterocycles. The monoisotopic (exact) mass is 379 g/mol. The summed E-state index contributed by atoms with van der Waals surface area (Å²) < 4.78 is 24.9. The Kier molecular flexibility index (Phi) is 6.45. The standard InChI is InChI=1S/C19H26FN3O2S/c1-14-21-16(13-26-14)12-23-6-4-5-22(7-8-23)11-15-9-18(24-2)19(25-3)10-17(15)20/h9-10,13H,4-8,11-12H2,1-3H3. The average Bonchev–Trinajstić information content (AvgIpc) is 2.91. The van der Waals surface area contributed by atoms with Crippen LogP contribution in [0.3, 0.4) is 0 Å². The van der Waals surface area contributed by atoms with Gasteiger partial charge in [0.2, 0.25) is 0 Å². The fraction of sp³-hybridized carbons (Fsp3) is 0.526. The Bertz CT molecular complexity index is 738. The van der Waals surface area contributed by atoms with Crippen LogP contribution in [0.5, 0.6) is 11.5 Å². The number of rotatable bonds is 6. The Morgan fingerprint density at radius 2 is 1.69 bits per heavy atom. The Morgan fingerprint density at radius 1 is 1.04 bits per heavy atom. The number of aryl methyl sites for hydroxylation is 1. The van der Waals surface area contributed by atoms with E-state index in [0.717, 1.165) is 49.8 Å². The van der Waals surface area contributed by atoms with Gasteiger partial charge in [0.1, 0.15) is 5.82 Å². The topological polar surface area (TPSA) is 37.8 Å². The maximum Gasteiger partial charge on any atom is 0.163 e. The minimum atomic E-state index is -0.248. The molecule has 0 bridgehead atoms. The number of halogens is 1. The predicted molar refractivity (Wildman–Crippen MR) is 102 cm³/mol. The fourth-order valence-electron chi connectivity index (χ4n) is 3.31. The van der Waals surface area contributed by atoms with E-state index in [2.05, 4.69) is 20.2 Å². The highest BCUT2D eigenvalue weighted by molar-refractivity contribution is 7.09. The van der Waals surface area contributed by atoms with Crippen LogP contribution in [0.25, 0.3) is 0 Å². The summed E-state index contributed by atoms with van der Waals surface area (Å²) >= 11 is 1.70. The number of hydrogen-bond donors (Lipinski definition) is 0. The first-order chi connectivity index (χ1) is 12.6. The second-order valence-corrected chi connectivity index (χ2v) is 7.62. The smallest absolute Gasteiger partial charge is 0.163 e. The lowest BCUT2D eigenvalue weighted by Gasteiger charge is -2.22. The molecule has 1 fully saturated rings. The molecule has 5 nitrogen and oxygen atoms in total. The molecular weight excluding hydrogens is 353 g/mol. The lowest BCUT2D eigenvalue weighted by Crippen LogP contribution is -2.30. The lowest BCUT2D eigenvalue weighted by molar-refractivity contribution is 0.243. The number of aromatic nitrogens is 1. The van der Waals surface area contributed by atoms with Gasteiger partial charge in [-0.1, -0.05) is 0 Å². The molecule has 0 N–H and O–H groups in total. The lowest BCUT2D eigenvalue weighted by atomic mass is 10.1. The van der Waals surface area contributed by atoms with Gasteiger partial charge in [-0.25, -0.2) is 9.37 Å². The van der Waals surface area contributed by atoms with Gasteiger partial charge in [0.25, 0.3) is 0 Å². The van der Waals surface area contributed by atoms with E-state index in [9.17, 15) is 4.39 Å². The van der Waals surface area contributed by atoms with Crippen molar-refractivity contribution in [3.8, 4) is 11.5 Å². The number of ether oxygens (including phenoxy) is 2. The Hall–Kier alpha value is -1.70. The number of thiazole rings is 1. The largest absolute Gasteiger partial charge is 0.493 e. The predicted octanol–water partition coefficient (Wildman–Crippen LogP) is 3.32. The molecule has 0 aliphatic carbocycles. The first-order valence-electron chi connectivity index (χ1n) is 8.85. The van der Waals surface area contributed by atoms with E-state index in [1.807, 2.05) is 6.92 Å². The molecule has 1 aromatic heterocycles. The second-order valence-electron chi connectivity index (χ2n) is 6.56. The molecule has 0 spiro atoms. The maximum absolute atomic E-state index is 14.4. The van der Waals surface area contributed by atoms with Crippen molar-refractivity contribution in [2.75, 3.05) is 40.4 Å². The first kappa shape index (κ1) is 19.1. The summed E-state index contributed by atoms with van der Waals surface area (Å²) in [5.41, 5.74) is 1.79. The maximum atomic E-state index is 14.4. The Morgan fingerprint density at radius 3 is 2.31 bits per heavy atom. The van der Waals surface area contributed by atoms with Crippen LogP contribution in [-0.4, -0.2) is 55.2 Å². The van der Waals surface area contributed by atoms with Crippen molar-refractivity contribution < 1.29 is 13.9 Å². The normalized spacial score (nSPS) is 16.5. The van der Waals surface area contributed by atoms with Crippen molar-refractivity contribution >= 4 is 11.3 Å². The van der Waals surface area contributed by atoms with Crippen molar-refractivity contribution in [3.63, 3.8) is 0 Å². The van der Waals surface area contributed by atoms with Crippen LogP contribution in [-0.2, 0) is 13.1 Å². The second kappa shape index (κ2) is 8.79. The van der Waals surface area contributed by atoms with E-state index in [0.29, 0.717) is 23.6 Å². The van der Waals surface area contributed by atoms with Crippen LogP contribution in [0.4, 0.5) is 4.39 Å². The van der Waals surface area contributed by atoms with Crippen molar-refractivity contribution in [2.45, 2.75) is 26.4 Å². The first-order valence-corrected chi connectivity index (χ1v) is 9.73. The van der Waals surface area contributed by atoms with Crippen LogP contribution < -0.4 is 9.47 Å². The molecule has 1 aromatic carbocycles. The summed E-state index contributed by atoms with van der Waals surface area (Å²) in [6, 6.07) is 3.15. The molecule has 1 saturated heterocycles. The van der Waals surface area contributed by atoms with Crippen LogP contribution in [0, 0.1) is 12.7 Å². The number of nitrogens with zero attached hydrogens (tertiary/aromatic N) is 3. The van der Waals surface area contributed by atoms with Crippen molar-refractivity contribution in [3.05, 3.63) is 39.6 Å². The van der Waals surface area contributed by atoms with E-state index in [-0.39, 0.29) is 5.82 Å². The third-order valence-electron chi connectivity index (χ3n) is 4.68. The summed E-state index contributed by atoms with van der Waals surface area (Å²) in [6.07, 6.45) is 1.07. The molecule has 142 valence electrons. The molecule has 1 aliphatic rings. The Balaban J connectivity index is 1.61. The SMILES string of the molecule is COc1cc(F)c(CN2CCCN(Cc3csc(C)n3)CC2)cc1OC. The summed E-state index contributed by atoms with van der Waals surface area (Å²) in [5, 5.41) is 3.25. The highest BCUT2D eigenvalue weighted by Crippen LogP contribution is 2.30. The summed E-state index contributed by atoms with van der Waals surface area (Å²) in [5.74, 6) is 0.746. The van der Waals surface area contributed by atoms with Gasteiger partial charge in [0.05, 0.1) is 24.9 Å². The van der Waals surface area contributed by atoms with E-state index in [4.69, 9.17) is 9.47 Å². The summed E-state index contributed by atoms with van der Waals surface area (Å²) in [7, 11) is 3.09. The molecule has 2 heterocycles. The van der Waals surface area contributed by atoms with Crippen LogP contribution in [0.15, 0.2) is 17.5 Å². The highest BCUT2D eigenvalue weighted by Gasteiger charge is 2.18. The molecule has 0 unspecified atom stereocenters. The molecule has 3 rings (SSSR count). The van der Waals surface area contributed by atoms with Crippen molar-refractivity contribution in [1.29, 1.82) is 0 Å². The number of methoxy groups -OCH3 is 2. The molecule has 0 saturated carbocycles. The van der Waals surface area contributed by atoms with E-state index in [1.165, 1.54) is 13.2 Å². The number of hydrogen-bond acceptors (Lipinski definition) is 6. The fourth-order valence-corrected chi connectivity index (χ4v) is 3.91. The van der Waals surface area contributed by atoms with Gasteiger partial charge >= 0.3 is 0 Å². The summed E-state index contributed by atoms with van der Waals surface area (Å²) in [4.78, 5) is 9.29. The van der Waals surface area contributed by atoms with Gasteiger partial charge in [-0.15, -0.1) is 11.3 Å². The van der Waals surface area contributed by atoms with Crippen LogP contribution in [0.1, 0.15) is 22.7 Å². The van der Waals surface area contributed by atoms with E-state index >= 15 is 0 Å². The third kappa shape index (κ3) is 4.72. The summed E-state index contributed by atoms with van der Waals surface area (Å²) in [6.45, 7) is 7.39. The zero-order valence-corrected chi connectivity index (χ0v) is 16.4. The highest BCUT2D eigenvalue weighted by atomic mass is 32.1.